The lowest BCUT2D eigenvalue weighted by Crippen LogP contribution is -2.20. The number of hydrogen-bond donors (Lipinski definition) is 2. The van der Waals surface area contributed by atoms with Crippen LogP contribution in [0.5, 0.6) is 5.75 Å². The Hall–Kier alpha value is -4.48. The summed E-state index contributed by atoms with van der Waals surface area (Å²) in [6, 6.07) is 17.7. The van der Waals surface area contributed by atoms with Gasteiger partial charge in [0.05, 0.1) is 5.52 Å². The molecule has 0 fully saturated rings. The summed E-state index contributed by atoms with van der Waals surface area (Å²) in [4.78, 5) is 14.2. The number of rotatable bonds is 9. The fraction of sp³-hybridized carbons (Fsp3) is 0.207. The Kier molecular flexibility index (Phi) is 8.29. The molecule has 0 aliphatic rings. The van der Waals surface area contributed by atoms with Gasteiger partial charge in [-0.25, -0.2) is 14.4 Å². The van der Waals surface area contributed by atoms with E-state index in [1.54, 1.807) is 13.0 Å². The van der Waals surface area contributed by atoms with E-state index in [9.17, 15) is 4.39 Å². The first-order valence-electron chi connectivity index (χ1n) is 11.8. The maximum Gasteiger partial charge on any atom is 0.159 e. The number of hydrogen-bond acceptors (Lipinski definition) is 7. The maximum atomic E-state index is 13.4. The van der Waals surface area contributed by atoms with Gasteiger partial charge in [-0.15, -0.1) is 0 Å². The lowest BCUT2D eigenvalue weighted by Gasteiger charge is -2.13. The van der Waals surface area contributed by atoms with Gasteiger partial charge < -0.3 is 20.6 Å². The van der Waals surface area contributed by atoms with Crippen molar-refractivity contribution in [3.63, 3.8) is 0 Å². The van der Waals surface area contributed by atoms with E-state index in [1.807, 2.05) is 56.3 Å². The van der Waals surface area contributed by atoms with Crippen molar-refractivity contribution in [1.82, 2.24) is 9.97 Å². The fourth-order valence-electron chi connectivity index (χ4n) is 3.60. The summed E-state index contributed by atoms with van der Waals surface area (Å²) in [5.41, 5.74) is 10.3. The SMILES string of the molecule is CC#C/C(=N\OC[C@@H](C)N)c1ccc2ncnc(Nc3ccc(OCc4cccc(F)c4)c(C)c3)c2c1. The Bertz CT molecular complexity index is 1490. The van der Waals surface area contributed by atoms with Crippen LogP contribution in [0.3, 0.4) is 0 Å². The largest absolute Gasteiger partial charge is 0.489 e. The van der Waals surface area contributed by atoms with E-state index in [0.717, 1.165) is 39.0 Å². The van der Waals surface area contributed by atoms with Gasteiger partial charge in [0.1, 0.15) is 36.9 Å². The predicted octanol–water partition coefficient (Wildman–Crippen LogP) is 5.49. The van der Waals surface area contributed by atoms with Crippen LogP contribution in [0.1, 0.15) is 30.5 Å². The molecule has 1 heterocycles. The predicted molar refractivity (Wildman–Crippen MR) is 144 cm³/mol. The van der Waals surface area contributed by atoms with Crippen LogP contribution in [0, 0.1) is 24.6 Å². The normalized spacial score (nSPS) is 12.0. The lowest BCUT2D eigenvalue weighted by atomic mass is 10.1. The second-order valence-corrected chi connectivity index (χ2v) is 8.57. The monoisotopic (exact) mass is 497 g/mol. The Labute approximate surface area is 215 Å². The van der Waals surface area contributed by atoms with Crippen LogP contribution in [-0.2, 0) is 11.4 Å². The molecule has 37 heavy (non-hydrogen) atoms. The van der Waals surface area contributed by atoms with Gasteiger partial charge in [0.25, 0.3) is 0 Å². The number of aryl methyl sites for hydroxylation is 1. The number of fused-ring (bicyclic) bond motifs is 1. The molecule has 1 atom stereocenters. The van der Waals surface area contributed by atoms with Crippen molar-refractivity contribution < 1.29 is 14.0 Å². The van der Waals surface area contributed by atoms with Crippen molar-refractivity contribution in [3.05, 3.63) is 89.5 Å². The number of anilines is 2. The van der Waals surface area contributed by atoms with Crippen LogP contribution in [-0.4, -0.2) is 28.3 Å². The Morgan fingerprint density at radius 2 is 2.00 bits per heavy atom. The second-order valence-electron chi connectivity index (χ2n) is 8.57. The van der Waals surface area contributed by atoms with Gasteiger partial charge in [-0.1, -0.05) is 23.2 Å². The van der Waals surface area contributed by atoms with Crippen molar-refractivity contribution in [2.45, 2.75) is 33.4 Å². The summed E-state index contributed by atoms with van der Waals surface area (Å²) in [5.74, 6) is 6.93. The molecule has 0 saturated carbocycles. The Morgan fingerprint density at radius 1 is 1.14 bits per heavy atom. The summed E-state index contributed by atoms with van der Waals surface area (Å²) in [5, 5.41) is 8.36. The number of ether oxygens (including phenoxy) is 1. The molecular weight excluding hydrogens is 469 g/mol. The van der Waals surface area contributed by atoms with Crippen LogP contribution in [0.4, 0.5) is 15.9 Å². The summed E-state index contributed by atoms with van der Waals surface area (Å²) in [6.45, 7) is 6.11. The minimum Gasteiger partial charge on any atom is -0.489 e. The van der Waals surface area contributed by atoms with Crippen LogP contribution in [0.2, 0.25) is 0 Å². The lowest BCUT2D eigenvalue weighted by molar-refractivity contribution is 0.134. The summed E-state index contributed by atoms with van der Waals surface area (Å²) in [6.07, 6.45) is 1.51. The highest BCUT2D eigenvalue weighted by atomic mass is 19.1. The van der Waals surface area contributed by atoms with Gasteiger partial charge in [0, 0.05) is 22.7 Å². The smallest absolute Gasteiger partial charge is 0.159 e. The molecule has 1 aromatic heterocycles. The molecule has 4 aromatic rings. The Balaban J connectivity index is 1.56. The highest BCUT2D eigenvalue weighted by Gasteiger charge is 2.10. The van der Waals surface area contributed by atoms with Gasteiger partial charge >= 0.3 is 0 Å². The molecule has 0 aliphatic carbocycles. The average Bonchev–Trinajstić information content (AvgIpc) is 2.87. The number of halogens is 1. The minimum atomic E-state index is -0.282. The summed E-state index contributed by atoms with van der Waals surface area (Å²) < 4.78 is 19.3. The third-order valence-corrected chi connectivity index (χ3v) is 5.37. The zero-order chi connectivity index (χ0) is 26.2. The van der Waals surface area contributed by atoms with Crippen LogP contribution < -0.4 is 15.8 Å². The molecule has 3 N–H and O–H groups in total. The molecule has 4 rings (SSSR count). The van der Waals surface area contributed by atoms with E-state index in [1.165, 1.54) is 18.5 Å². The third-order valence-electron chi connectivity index (χ3n) is 5.37. The van der Waals surface area contributed by atoms with E-state index < -0.39 is 0 Å². The first-order valence-corrected chi connectivity index (χ1v) is 11.8. The molecule has 0 radical (unpaired) electrons. The average molecular weight is 498 g/mol. The highest BCUT2D eigenvalue weighted by Crippen LogP contribution is 2.28. The first-order chi connectivity index (χ1) is 17.9. The quantitative estimate of drug-likeness (QED) is 0.180. The topological polar surface area (TPSA) is 94.7 Å². The van der Waals surface area contributed by atoms with Gasteiger partial charge in [-0.2, -0.15) is 0 Å². The first kappa shape index (κ1) is 25.6. The molecular formula is C29H28FN5O2. The van der Waals surface area contributed by atoms with E-state index in [-0.39, 0.29) is 18.5 Å². The van der Waals surface area contributed by atoms with E-state index in [0.29, 0.717) is 18.1 Å². The Morgan fingerprint density at radius 3 is 2.76 bits per heavy atom. The number of nitrogens with one attached hydrogen (secondary N) is 1. The molecule has 0 amide bonds. The van der Waals surface area contributed by atoms with Gasteiger partial charge in [0.2, 0.25) is 0 Å². The number of benzene rings is 3. The standard InChI is InChI=1S/C29H28FN5O2/c1-4-6-26(35-37-16-20(3)31)22-9-11-27-25(15-22)29(33-18-32-27)34-24-10-12-28(19(2)13-24)36-17-21-7-5-8-23(30)14-21/h5,7-15,18,20H,16-17,31H2,1-3H3,(H,32,33,34)/b35-26+/t20-/m1/s1. The molecule has 0 bridgehead atoms. The van der Waals surface area contributed by atoms with Crippen LogP contribution in [0.15, 0.2) is 72.1 Å². The second kappa shape index (κ2) is 12.0. The van der Waals surface area contributed by atoms with Crippen molar-refractivity contribution in [3.8, 4) is 17.6 Å². The fourth-order valence-corrected chi connectivity index (χ4v) is 3.60. The summed E-state index contributed by atoms with van der Waals surface area (Å²) in [7, 11) is 0. The zero-order valence-corrected chi connectivity index (χ0v) is 21.0. The molecule has 3 aromatic carbocycles. The molecule has 8 heteroatoms. The summed E-state index contributed by atoms with van der Waals surface area (Å²) >= 11 is 0. The molecule has 7 nitrogen and oxygen atoms in total. The number of aromatic nitrogens is 2. The number of oxime groups is 1. The van der Waals surface area contributed by atoms with Crippen molar-refractivity contribution in [2.24, 2.45) is 10.9 Å². The van der Waals surface area contributed by atoms with Crippen molar-refractivity contribution >= 4 is 28.1 Å². The van der Waals surface area contributed by atoms with Crippen molar-refractivity contribution in [2.75, 3.05) is 11.9 Å². The molecule has 0 unspecified atom stereocenters. The maximum absolute atomic E-state index is 13.4. The molecule has 0 spiro atoms. The third kappa shape index (κ3) is 6.81. The highest BCUT2D eigenvalue weighted by molar-refractivity contribution is 6.14. The van der Waals surface area contributed by atoms with Gasteiger partial charge in [-0.05, 0) is 86.3 Å². The van der Waals surface area contributed by atoms with Gasteiger partial charge in [0.15, 0.2) is 5.71 Å². The minimum absolute atomic E-state index is 0.137. The molecule has 0 aliphatic heterocycles. The van der Waals surface area contributed by atoms with Crippen molar-refractivity contribution in [1.29, 1.82) is 0 Å². The number of nitrogens with two attached hydrogens (primary N) is 1. The van der Waals surface area contributed by atoms with E-state index in [2.05, 4.69) is 32.3 Å². The zero-order valence-electron chi connectivity index (χ0n) is 21.0. The molecule has 188 valence electrons. The molecule has 0 saturated heterocycles. The van der Waals surface area contributed by atoms with Crippen LogP contribution in [0.25, 0.3) is 10.9 Å². The van der Waals surface area contributed by atoms with E-state index in [4.69, 9.17) is 15.3 Å². The van der Waals surface area contributed by atoms with E-state index >= 15 is 0 Å². The van der Waals surface area contributed by atoms with Crippen LogP contribution >= 0.6 is 0 Å². The number of nitrogens with zero attached hydrogens (tertiary/aromatic N) is 3. The van der Waals surface area contributed by atoms with Gasteiger partial charge in [-0.3, -0.25) is 0 Å².